The molecule has 0 aliphatic heterocycles. The van der Waals surface area contributed by atoms with Gasteiger partial charge in [0.2, 0.25) is 15.9 Å². The molecule has 2 amide bonds. The van der Waals surface area contributed by atoms with Crippen molar-refractivity contribution < 1.29 is 27.5 Å². The van der Waals surface area contributed by atoms with Crippen LogP contribution in [0, 0.1) is 5.92 Å². The van der Waals surface area contributed by atoms with Gasteiger partial charge in [0.05, 0.1) is 10.5 Å². The number of rotatable bonds is 7. The Bertz CT molecular complexity index is 916. The number of esters is 1. The second-order valence-electron chi connectivity index (χ2n) is 8.66. The van der Waals surface area contributed by atoms with Crippen molar-refractivity contribution in [3.8, 4) is 0 Å². The minimum Gasteiger partial charge on any atom is -0.452 e. The zero-order valence-electron chi connectivity index (χ0n) is 18.5. The summed E-state index contributed by atoms with van der Waals surface area (Å²) in [5, 5.41) is 2.29. The van der Waals surface area contributed by atoms with Crippen LogP contribution in [-0.2, 0) is 24.3 Å². The van der Waals surface area contributed by atoms with Gasteiger partial charge in [-0.15, -0.1) is 0 Å². The van der Waals surface area contributed by atoms with Crippen LogP contribution in [0.3, 0.4) is 0 Å². The maximum atomic E-state index is 12.9. The van der Waals surface area contributed by atoms with E-state index in [-0.39, 0.29) is 28.3 Å². The van der Waals surface area contributed by atoms with Gasteiger partial charge in [-0.25, -0.2) is 13.2 Å². The van der Waals surface area contributed by atoms with Crippen LogP contribution in [0.15, 0.2) is 29.2 Å². The van der Waals surface area contributed by atoms with Crippen molar-refractivity contribution in [3.05, 3.63) is 29.8 Å². The number of hydrogen-bond donors (Lipinski definition) is 1. The molecule has 0 aromatic heterocycles. The molecular formula is C23H32N2O6S. The first-order valence-electron chi connectivity index (χ1n) is 11.4. The predicted molar refractivity (Wildman–Crippen MR) is 118 cm³/mol. The van der Waals surface area contributed by atoms with Gasteiger partial charge in [0, 0.05) is 19.0 Å². The van der Waals surface area contributed by atoms with Gasteiger partial charge in [-0.3, -0.25) is 14.9 Å². The van der Waals surface area contributed by atoms with E-state index in [1.165, 1.54) is 28.6 Å². The minimum absolute atomic E-state index is 0.00627. The van der Waals surface area contributed by atoms with Crippen LogP contribution in [0.1, 0.15) is 74.6 Å². The van der Waals surface area contributed by atoms with Crippen LogP contribution in [-0.4, -0.2) is 50.2 Å². The van der Waals surface area contributed by atoms with E-state index in [2.05, 4.69) is 5.32 Å². The number of hydrogen-bond acceptors (Lipinski definition) is 6. The highest BCUT2D eigenvalue weighted by Crippen LogP contribution is 2.27. The van der Waals surface area contributed by atoms with Crippen molar-refractivity contribution in [1.29, 1.82) is 0 Å². The van der Waals surface area contributed by atoms with E-state index in [9.17, 15) is 22.8 Å². The molecule has 0 radical (unpaired) electrons. The van der Waals surface area contributed by atoms with Gasteiger partial charge in [-0.05, 0) is 49.9 Å². The lowest BCUT2D eigenvalue weighted by molar-refractivity contribution is -0.135. The molecule has 1 N–H and O–H groups in total. The standard InChI is InChI=1S/C23H32N2O6S/c1-25(19-10-6-3-7-11-19)32(29,30)20-14-12-18(13-15-20)23(28)31-16-21(26)24-22(27)17-8-4-2-5-9-17/h12-15,17,19H,2-11,16H2,1H3,(H,24,26,27). The quantitative estimate of drug-likeness (QED) is 0.621. The Morgan fingerprint density at radius 3 is 2.09 bits per heavy atom. The van der Waals surface area contributed by atoms with Crippen molar-refractivity contribution in [1.82, 2.24) is 9.62 Å². The van der Waals surface area contributed by atoms with Crippen molar-refractivity contribution in [2.45, 2.75) is 75.1 Å². The van der Waals surface area contributed by atoms with E-state index in [1.807, 2.05) is 0 Å². The summed E-state index contributed by atoms with van der Waals surface area (Å²) < 4.78 is 32.2. The van der Waals surface area contributed by atoms with Crippen LogP contribution in [0.2, 0.25) is 0 Å². The summed E-state index contributed by atoms with van der Waals surface area (Å²) in [6.07, 6.45) is 9.47. The number of sulfonamides is 1. The minimum atomic E-state index is -3.65. The van der Waals surface area contributed by atoms with Gasteiger partial charge in [-0.1, -0.05) is 38.5 Å². The first kappa shape index (κ1) is 24.4. The molecule has 32 heavy (non-hydrogen) atoms. The summed E-state index contributed by atoms with van der Waals surface area (Å²) in [7, 11) is -2.05. The van der Waals surface area contributed by atoms with E-state index >= 15 is 0 Å². The number of benzene rings is 1. The van der Waals surface area contributed by atoms with Gasteiger partial charge in [0.25, 0.3) is 5.91 Å². The lowest BCUT2D eigenvalue weighted by atomic mass is 9.89. The van der Waals surface area contributed by atoms with Crippen molar-refractivity contribution >= 4 is 27.8 Å². The highest BCUT2D eigenvalue weighted by atomic mass is 32.2. The molecule has 1 aromatic carbocycles. The Labute approximate surface area is 189 Å². The molecule has 0 saturated heterocycles. The zero-order chi connectivity index (χ0) is 23.1. The Balaban J connectivity index is 1.52. The number of amides is 2. The fraction of sp³-hybridized carbons (Fsp3) is 0.609. The van der Waals surface area contributed by atoms with E-state index in [0.29, 0.717) is 0 Å². The van der Waals surface area contributed by atoms with Gasteiger partial charge < -0.3 is 4.74 Å². The summed E-state index contributed by atoms with van der Waals surface area (Å²) in [5.41, 5.74) is 0.135. The number of nitrogens with one attached hydrogen (secondary N) is 1. The van der Waals surface area contributed by atoms with Crippen molar-refractivity contribution in [2.24, 2.45) is 5.92 Å². The average molecular weight is 465 g/mol. The summed E-state index contributed by atoms with van der Waals surface area (Å²) >= 11 is 0. The molecule has 3 rings (SSSR count). The molecule has 8 nitrogen and oxygen atoms in total. The maximum absolute atomic E-state index is 12.9. The number of nitrogens with zero attached hydrogens (tertiary/aromatic N) is 1. The number of carbonyl (C=O) groups is 3. The Hall–Kier alpha value is -2.26. The summed E-state index contributed by atoms with van der Waals surface area (Å²) in [6.45, 7) is -0.568. The number of carbonyl (C=O) groups excluding carboxylic acids is 3. The molecule has 0 spiro atoms. The summed E-state index contributed by atoms with van der Waals surface area (Å²) in [6, 6.07) is 5.48. The van der Waals surface area contributed by atoms with Crippen LogP contribution in [0.25, 0.3) is 0 Å². The number of ether oxygens (including phenoxy) is 1. The zero-order valence-corrected chi connectivity index (χ0v) is 19.4. The molecule has 2 aliphatic carbocycles. The maximum Gasteiger partial charge on any atom is 0.338 e. The lowest BCUT2D eigenvalue weighted by Crippen LogP contribution is -2.39. The lowest BCUT2D eigenvalue weighted by Gasteiger charge is -2.30. The van der Waals surface area contributed by atoms with Crippen LogP contribution in [0.4, 0.5) is 0 Å². The molecule has 176 valence electrons. The third-order valence-electron chi connectivity index (χ3n) is 6.43. The SMILES string of the molecule is CN(C1CCCCC1)S(=O)(=O)c1ccc(C(=O)OCC(=O)NC(=O)C2CCCCC2)cc1. The van der Waals surface area contributed by atoms with E-state index in [4.69, 9.17) is 4.74 Å². The molecule has 2 aliphatic rings. The molecule has 0 heterocycles. The molecule has 2 fully saturated rings. The Morgan fingerprint density at radius 1 is 0.938 bits per heavy atom. The smallest absolute Gasteiger partial charge is 0.338 e. The van der Waals surface area contributed by atoms with Gasteiger partial charge in [-0.2, -0.15) is 4.31 Å². The number of imide groups is 1. The summed E-state index contributed by atoms with van der Waals surface area (Å²) in [5.74, 6) is -1.90. The second-order valence-corrected chi connectivity index (χ2v) is 10.7. The fourth-order valence-corrected chi connectivity index (χ4v) is 5.84. The molecular weight excluding hydrogens is 432 g/mol. The highest BCUT2D eigenvalue weighted by molar-refractivity contribution is 7.89. The molecule has 0 bridgehead atoms. The predicted octanol–water partition coefficient (Wildman–Crippen LogP) is 3.02. The molecule has 0 atom stereocenters. The largest absolute Gasteiger partial charge is 0.452 e. The third-order valence-corrected chi connectivity index (χ3v) is 8.35. The first-order valence-corrected chi connectivity index (χ1v) is 12.8. The fourth-order valence-electron chi connectivity index (χ4n) is 4.42. The second kappa shape index (κ2) is 11.0. The molecule has 9 heteroatoms. The monoisotopic (exact) mass is 464 g/mol. The van der Waals surface area contributed by atoms with E-state index in [0.717, 1.165) is 64.2 Å². The van der Waals surface area contributed by atoms with Crippen LogP contribution >= 0.6 is 0 Å². The van der Waals surface area contributed by atoms with Gasteiger partial charge in [0.1, 0.15) is 0 Å². The van der Waals surface area contributed by atoms with Gasteiger partial charge >= 0.3 is 5.97 Å². The summed E-state index contributed by atoms with van der Waals surface area (Å²) in [4.78, 5) is 36.4. The van der Waals surface area contributed by atoms with E-state index in [1.54, 1.807) is 7.05 Å². The van der Waals surface area contributed by atoms with Crippen molar-refractivity contribution in [2.75, 3.05) is 13.7 Å². The Kier molecular flexibility index (Phi) is 8.42. The Morgan fingerprint density at radius 2 is 1.50 bits per heavy atom. The molecule has 1 aromatic rings. The normalized spacial score (nSPS) is 18.3. The average Bonchev–Trinajstić information content (AvgIpc) is 2.83. The topological polar surface area (TPSA) is 110 Å². The van der Waals surface area contributed by atoms with Crippen molar-refractivity contribution in [3.63, 3.8) is 0 Å². The highest BCUT2D eigenvalue weighted by Gasteiger charge is 2.29. The van der Waals surface area contributed by atoms with Crippen LogP contribution in [0.5, 0.6) is 0 Å². The first-order chi connectivity index (χ1) is 15.3. The molecule has 0 unspecified atom stereocenters. The van der Waals surface area contributed by atoms with Gasteiger partial charge in [0.15, 0.2) is 6.61 Å². The molecule has 2 saturated carbocycles. The third kappa shape index (κ3) is 6.16. The van der Waals surface area contributed by atoms with Crippen LogP contribution < -0.4 is 5.32 Å². The van der Waals surface area contributed by atoms with E-state index < -0.39 is 28.5 Å².